The molecule has 1 heterocycles. The van der Waals surface area contributed by atoms with Crippen molar-refractivity contribution in [1.29, 1.82) is 0 Å². The van der Waals surface area contributed by atoms with Crippen LogP contribution >= 0.6 is 35.0 Å². The maximum atomic E-state index is 13.1. The Kier molecular flexibility index (Phi) is 6.64. The van der Waals surface area contributed by atoms with Crippen molar-refractivity contribution < 1.29 is 22.8 Å². The predicted molar refractivity (Wildman–Crippen MR) is 112 cm³/mol. The molecule has 1 aliphatic rings. The third kappa shape index (κ3) is 5.27. The molecule has 158 valence electrons. The monoisotopic (exact) mass is 475 g/mol. The number of amides is 2. The molecule has 0 spiro atoms. The molecule has 0 bridgehead atoms. The van der Waals surface area contributed by atoms with Gasteiger partial charge >= 0.3 is 6.18 Å². The summed E-state index contributed by atoms with van der Waals surface area (Å²) in [7, 11) is 1.45. The summed E-state index contributed by atoms with van der Waals surface area (Å²) < 4.78 is 39.2. The largest absolute Gasteiger partial charge is 0.417 e. The van der Waals surface area contributed by atoms with Crippen LogP contribution in [0.2, 0.25) is 10.0 Å². The van der Waals surface area contributed by atoms with Crippen molar-refractivity contribution in [2.45, 2.75) is 17.8 Å². The fourth-order valence-electron chi connectivity index (χ4n) is 2.56. The number of carbonyl (C=O) groups excluding carboxylic acids is 2. The number of carbonyl (C=O) groups is 2. The molecule has 11 heteroatoms. The Morgan fingerprint density at radius 3 is 2.50 bits per heavy atom. The molecule has 3 rings (SSSR count). The zero-order chi connectivity index (χ0) is 22.1. The lowest BCUT2D eigenvalue weighted by atomic mass is 10.2. The van der Waals surface area contributed by atoms with Crippen LogP contribution in [-0.4, -0.2) is 34.2 Å². The van der Waals surface area contributed by atoms with Gasteiger partial charge in [-0.25, -0.2) is 4.99 Å². The number of nitrogens with one attached hydrogen (secondary N) is 1. The van der Waals surface area contributed by atoms with Crippen molar-refractivity contribution in [3.8, 4) is 0 Å². The lowest BCUT2D eigenvalue weighted by Gasteiger charge is -2.28. The van der Waals surface area contributed by atoms with E-state index >= 15 is 0 Å². The van der Waals surface area contributed by atoms with Gasteiger partial charge in [-0.2, -0.15) is 13.2 Å². The van der Waals surface area contributed by atoms with Crippen LogP contribution in [0, 0.1) is 0 Å². The van der Waals surface area contributed by atoms with Crippen LogP contribution in [0.3, 0.4) is 0 Å². The van der Waals surface area contributed by atoms with E-state index in [1.807, 2.05) is 0 Å². The maximum Gasteiger partial charge on any atom is 0.417 e. The van der Waals surface area contributed by atoms with E-state index in [1.165, 1.54) is 18.0 Å². The van der Waals surface area contributed by atoms with E-state index in [0.717, 1.165) is 23.9 Å². The standard InChI is InChI=1S/C19H14Cl2F3N3O2S/c1-27-16(28)9-15(17(29)25-11-4-2-10(20)3-5-11)30-18(27)26-12-6-7-14(21)13(8-12)19(22,23)24/h2-8,15H,9H2,1H3,(H,25,29)/t15-/m0/s1. The molecule has 1 fully saturated rings. The van der Waals surface area contributed by atoms with E-state index in [9.17, 15) is 22.8 Å². The summed E-state index contributed by atoms with van der Waals surface area (Å²) in [5, 5.41) is 2.06. The predicted octanol–water partition coefficient (Wildman–Crippen LogP) is 5.60. The summed E-state index contributed by atoms with van der Waals surface area (Å²) in [6.07, 6.45) is -4.72. The summed E-state index contributed by atoms with van der Waals surface area (Å²) in [5.41, 5.74) is -0.562. The number of aliphatic imine (C=N–C) groups is 1. The summed E-state index contributed by atoms with van der Waals surface area (Å²) in [6.45, 7) is 0. The molecule has 0 aromatic heterocycles. The van der Waals surface area contributed by atoms with Crippen molar-refractivity contribution >= 4 is 63.3 Å². The summed E-state index contributed by atoms with van der Waals surface area (Å²) in [6, 6.07) is 9.63. The molecule has 1 saturated heterocycles. The number of halogens is 5. The minimum absolute atomic E-state index is 0.0346. The SMILES string of the molecule is CN1C(=O)C[C@@H](C(=O)Nc2ccc(Cl)cc2)SC1=Nc1ccc(Cl)c(C(F)(F)F)c1. The molecule has 0 radical (unpaired) electrons. The number of anilines is 1. The first-order valence-electron chi connectivity index (χ1n) is 8.49. The maximum absolute atomic E-state index is 13.1. The van der Waals surface area contributed by atoms with E-state index in [4.69, 9.17) is 23.2 Å². The van der Waals surface area contributed by atoms with E-state index in [1.54, 1.807) is 24.3 Å². The molecule has 0 unspecified atom stereocenters. The van der Waals surface area contributed by atoms with Gasteiger partial charge in [0.25, 0.3) is 0 Å². The Morgan fingerprint density at radius 2 is 1.87 bits per heavy atom. The van der Waals surface area contributed by atoms with Gasteiger partial charge in [-0.1, -0.05) is 35.0 Å². The lowest BCUT2D eigenvalue weighted by molar-refractivity contribution is -0.137. The highest BCUT2D eigenvalue weighted by Crippen LogP contribution is 2.37. The minimum Gasteiger partial charge on any atom is -0.325 e. The second kappa shape index (κ2) is 8.87. The highest BCUT2D eigenvalue weighted by atomic mass is 35.5. The van der Waals surface area contributed by atoms with Gasteiger partial charge in [0.05, 0.1) is 16.3 Å². The first-order valence-corrected chi connectivity index (χ1v) is 10.1. The molecule has 2 aromatic rings. The number of thioether (sulfide) groups is 1. The summed E-state index contributed by atoms with van der Waals surface area (Å²) in [4.78, 5) is 30.2. The van der Waals surface area contributed by atoms with Crippen LogP contribution in [0.25, 0.3) is 0 Å². The number of rotatable bonds is 3. The van der Waals surface area contributed by atoms with Crippen LogP contribution in [-0.2, 0) is 15.8 Å². The van der Waals surface area contributed by atoms with E-state index < -0.39 is 27.9 Å². The molecule has 1 N–H and O–H groups in total. The molecule has 0 aliphatic carbocycles. The molecule has 2 amide bonds. The Balaban J connectivity index is 1.83. The average Bonchev–Trinajstić information content (AvgIpc) is 2.67. The highest BCUT2D eigenvalue weighted by Gasteiger charge is 2.35. The Morgan fingerprint density at radius 1 is 1.20 bits per heavy atom. The third-order valence-electron chi connectivity index (χ3n) is 4.15. The quantitative estimate of drug-likeness (QED) is 0.627. The van der Waals surface area contributed by atoms with Gasteiger partial charge in [0.1, 0.15) is 5.25 Å². The number of benzene rings is 2. The minimum atomic E-state index is -4.64. The molecular weight excluding hydrogens is 462 g/mol. The smallest absolute Gasteiger partial charge is 0.325 e. The van der Waals surface area contributed by atoms with E-state index in [-0.39, 0.29) is 23.2 Å². The Labute approximate surface area is 184 Å². The van der Waals surface area contributed by atoms with Crippen LogP contribution in [0.15, 0.2) is 47.5 Å². The molecular formula is C19H14Cl2F3N3O2S. The highest BCUT2D eigenvalue weighted by molar-refractivity contribution is 8.15. The number of alkyl halides is 3. The van der Waals surface area contributed by atoms with Crippen molar-refractivity contribution in [3.63, 3.8) is 0 Å². The van der Waals surface area contributed by atoms with Crippen LogP contribution < -0.4 is 5.32 Å². The molecule has 2 aromatic carbocycles. The number of hydrogen-bond donors (Lipinski definition) is 1. The first-order chi connectivity index (χ1) is 14.0. The van der Waals surface area contributed by atoms with Crippen molar-refractivity contribution in [3.05, 3.63) is 58.1 Å². The summed E-state index contributed by atoms with van der Waals surface area (Å²) >= 11 is 12.4. The summed E-state index contributed by atoms with van der Waals surface area (Å²) in [5.74, 6) is -0.808. The second-order valence-corrected chi connectivity index (χ2v) is 8.33. The van der Waals surface area contributed by atoms with Gasteiger partial charge in [0.15, 0.2) is 5.17 Å². The molecule has 5 nitrogen and oxygen atoms in total. The zero-order valence-corrected chi connectivity index (χ0v) is 17.7. The first kappa shape index (κ1) is 22.5. The topological polar surface area (TPSA) is 61.8 Å². The fraction of sp³-hybridized carbons (Fsp3) is 0.211. The van der Waals surface area contributed by atoms with Gasteiger partial charge in [-0.05, 0) is 42.5 Å². The van der Waals surface area contributed by atoms with Gasteiger partial charge in [-0.3, -0.25) is 14.5 Å². The number of amidine groups is 1. The van der Waals surface area contributed by atoms with E-state index in [0.29, 0.717) is 10.7 Å². The van der Waals surface area contributed by atoms with Crippen LogP contribution in [0.1, 0.15) is 12.0 Å². The average molecular weight is 476 g/mol. The van der Waals surface area contributed by atoms with Gasteiger partial charge in [-0.15, -0.1) is 0 Å². The van der Waals surface area contributed by atoms with Gasteiger partial charge in [0, 0.05) is 24.2 Å². The second-order valence-electron chi connectivity index (χ2n) is 6.32. The van der Waals surface area contributed by atoms with Crippen LogP contribution in [0.5, 0.6) is 0 Å². The number of nitrogens with zero attached hydrogens (tertiary/aromatic N) is 2. The third-order valence-corrected chi connectivity index (χ3v) is 5.98. The Hall–Kier alpha value is -2.23. The van der Waals surface area contributed by atoms with Crippen molar-refractivity contribution in [2.75, 3.05) is 12.4 Å². The molecule has 1 atom stereocenters. The molecule has 0 saturated carbocycles. The van der Waals surface area contributed by atoms with Gasteiger partial charge < -0.3 is 5.32 Å². The lowest BCUT2D eigenvalue weighted by Crippen LogP contribution is -2.43. The van der Waals surface area contributed by atoms with Gasteiger partial charge in [0.2, 0.25) is 11.8 Å². The van der Waals surface area contributed by atoms with E-state index in [2.05, 4.69) is 10.3 Å². The fourth-order valence-corrected chi connectivity index (χ4v) is 3.98. The van der Waals surface area contributed by atoms with Crippen molar-refractivity contribution in [2.24, 2.45) is 4.99 Å². The molecule has 30 heavy (non-hydrogen) atoms. The zero-order valence-electron chi connectivity index (χ0n) is 15.3. The van der Waals surface area contributed by atoms with Crippen molar-refractivity contribution in [1.82, 2.24) is 4.90 Å². The number of hydrogen-bond acceptors (Lipinski definition) is 4. The molecule has 1 aliphatic heterocycles. The Bertz CT molecular complexity index is 1010. The normalized spacial score (nSPS) is 18.6. The van der Waals surface area contributed by atoms with Crippen LogP contribution in [0.4, 0.5) is 24.5 Å².